The molecule has 0 bridgehead atoms. The van der Waals surface area contributed by atoms with Gasteiger partial charge in [0.1, 0.15) is 11.6 Å². The second-order valence-corrected chi connectivity index (χ2v) is 7.52. The van der Waals surface area contributed by atoms with Gasteiger partial charge in [0.05, 0.1) is 19.7 Å². The van der Waals surface area contributed by atoms with Gasteiger partial charge in [-0.1, -0.05) is 18.2 Å². The van der Waals surface area contributed by atoms with E-state index in [4.69, 9.17) is 19.9 Å². The highest BCUT2D eigenvalue weighted by Crippen LogP contribution is 2.34. The van der Waals surface area contributed by atoms with Crippen LogP contribution in [-0.2, 0) is 4.79 Å². The number of fused-ring (bicyclic) bond motifs is 1. The number of carbonyl (C=O) groups excluding carboxylic acids is 1. The summed E-state index contributed by atoms with van der Waals surface area (Å²) in [5.74, 6) is 2.69. The fraction of sp³-hybridized carbons (Fsp3) is 0.348. The molecule has 4 rings (SSSR count). The number of nitrogens with two attached hydrogens (primary N) is 1. The number of hydrogen-bond donors (Lipinski definition) is 1. The van der Waals surface area contributed by atoms with Gasteiger partial charge in [-0.2, -0.15) is 4.98 Å². The number of piperazine rings is 1. The number of halogens is 1. The Morgan fingerprint density at radius 3 is 2.24 bits per heavy atom. The molecule has 1 aliphatic rings. The third kappa shape index (κ3) is 5.52. The lowest BCUT2D eigenvalue weighted by molar-refractivity contribution is -0.138. The summed E-state index contributed by atoms with van der Waals surface area (Å²) in [4.78, 5) is 25.8. The molecule has 0 radical (unpaired) electrons. The van der Waals surface area contributed by atoms with Gasteiger partial charge < -0.3 is 35.2 Å². The predicted molar refractivity (Wildman–Crippen MR) is 133 cm³/mol. The SMILES string of the molecule is COc1cc2nc(N3CCN(C(=O)C(C)Oc4ccccc4)CC3)nc(N)c2cc1OC.Cl.O. The number of rotatable bonds is 6. The molecule has 34 heavy (non-hydrogen) atoms. The molecular formula is C23H30ClN5O5. The first-order chi connectivity index (χ1) is 15.5. The zero-order valence-corrected chi connectivity index (χ0v) is 20.2. The van der Waals surface area contributed by atoms with E-state index >= 15 is 0 Å². The molecule has 4 N–H and O–H groups in total. The maximum Gasteiger partial charge on any atom is 0.263 e. The Hall–Kier alpha value is -3.50. The van der Waals surface area contributed by atoms with Crippen LogP contribution in [0.5, 0.6) is 17.2 Å². The zero-order chi connectivity index (χ0) is 22.7. The fourth-order valence-corrected chi connectivity index (χ4v) is 3.75. The Morgan fingerprint density at radius 2 is 1.62 bits per heavy atom. The molecule has 0 saturated carbocycles. The standard InChI is InChI=1S/C23H27N5O4.ClH.H2O/c1-15(32-16-7-5-4-6-8-16)22(29)27-9-11-28(12-10-27)23-25-18-14-20(31-3)19(30-2)13-17(18)21(24)26-23;;/h4-8,13-15H,9-12H2,1-3H3,(H2,24,25,26);1H;1H2. The van der Waals surface area contributed by atoms with Crippen LogP contribution < -0.4 is 24.8 Å². The number of anilines is 2. The summed E-state index contributed by atoms with van der Waals surface area (Å²) < 4.78 is 16.5. The van der Waals surface area contributed by atoms with E-state index in [-0.39, 0.29) is 23.8 Å². The Balaban J connectivity index is 0.00000204. The van der Waals surface area contributed by atoms with Crippen LogP contribution in [0.2, 0.25) is 0 Å². The van der Waals surface area contributed by atoms with Crippen LogP contribution in [0.15, 0.2) is 42.5 Å². The molecule has 0 aliphatic carbocycles. The average Bonchev–Trinajstić information content (AvgIpc) is 2.83. The van der Waals surface area contributed by atoms with Gasteiger partial charge >= 0.3 is 0 Å². The molecule has 1 aliphatic heterocycles. The third-order valence-electron chi connectivity index (χ3n) is 5.50. The number of ether oxygens (including phenoxy) is 3. The number of amides is 1. The van der Waals surface area contributed by atoms with Crippen LogP contribution >= 0.6 is 12.4 Å². The number of para-hydroxylation sites is 1. The topological polar surface area (TPSA) is 135 Å². The summed E-state index contributed by atoms with van der Waals surface area (Å²) in [6, 6.07) is 12.9. The van der Waals surface area contributed by atoms with Gasteiger partial charge in [-0.05, 0) is 25.1 Å². The summed E-state index contributed by atoms with van der Waals surface area (Å²) in [7, 11) is 3.15. The number of methoxy groups -OCH3 is 2. The van der Waals surface area contributed by atoms with Crippen LogP contribution in [-0.4, -0.2) is 72.8 Å². The van der Waals surface area contributed by atoms with Crippen molar-refractivity contribution in [1.29, 1.82) is 0 Å². The minimum atomic E-state index is -0.557. The molecule has 1 unspecified atom stereocenters. The zero-order valence-electron chi connectivity index (χ0n) is 19.4. The van der Waals surface area contributed by atoms with Crippen LogP contribution in [0.25, 0.3) is 10.9 Å². The van der Waals surface area contributed by atoms with Crippen molar-refractivity contribution in [2.24, 2.45) is 0 Å². The highest BCUT2D eigenvalue weighted by Gasteiger charge is 2.27. The van der Waals surface area contributed by atoms with E-state index in [1.807, 2.05) is 40.1 Å². The molecule has 3 aromatic rings. The lowest BCUT2D eigenvalue weighted by Crippen LogP contribution is -2.52. The first kappa shape index (κ1) is 26.7. The summed E-state index contributed by atoms with van der Waals surface area (Å²) in [5.41, 5.74) is 6.89. The van der Waals surface area contributed by atoms with Crippen molar-refractivity contribution in [2.45, 2.75) is 13.0 Å². The van der Waals surface area contributed by atoms with Gasteiger partial charge in [0, 0.05) is 37.6 Å². The first-order valence-corrected chi connectivity index (χ1v) is 10.4. The molecular weight excluding hydrogens is 462 g/mol. The van der Waals surface area contributed by atoms with E-state index in [0.717, 1.165) is 0 Å². The second kappa shape index (κ2) is 11.6. The van der Waals surface area contributed by atoms with Crippen molar-refractivity contribution in [3.8, 4) is 17.2 Å². The number of hydrogen-bond acceptors (Lipinski definition) is 8. The van der Waals surface area contributed by atoms with Gasteiger partial charge in [-0.15, -0.1) is 12.4 Å². The molecule has 1 fully saturated rings. The normalized spacial score (nSPS) is 14.0. The number of benzene rings is 2. The number of nitrogen functional groups attached to an aromatic ring is 1. The van der Waals surface area contributed by atoms with Gasteiger partial charge in [-0.3, -0.25) is 4.79 Å². The monoisotopic (exact) mass is 491 g/mol. The summed E-state index contributed by atoms with van der Waals surface area (Å²) in [5, 5.41) is 0.701. The summed E-state index contributed by atoms with van der Waals surface area (Å²) in [6.45, 7) is 4.07. The molecule has 0 spiro atoms. The van der Waals surface area contributed by atoms with Crippen molar-refractivity contribution >= 4 is 41.0 Å². The van der Waals surface area contributed by atoms with Gasteiger partial charge in [0.15, 0.2) is 17.6 Å². The molecule has 1 saturated heterocycles. The Labute approximate surface area is 204 Å². The van der Waals surface area contributed by atoms with E-state index < -0.39 is 6.10 Å². The van der Waals surface area contributed by atoms with E-state index in [2.05, 4.69) is 9.97 Å². The van der Waals surface area contributed by atoms with Crippen molar-refractivity contribution < 1.29 is 24.5 Å². The largest absolute Gasteiger partial charge is 0.493 e. The summed E-state index contributed by atoms with van der Waals surface area (Å²) in [6.07, 6.45) is -0.557. The molecule has 1 aromatic heterocycles. The van der Waals surface area contributed by atoms with Crippen LogP contribution in [0.3, 0.4) is 0 Å². The van der Waals surface area contributed by atoms with Crippen LogP contribution in [0, 0.1) is 0 Å². The third-order valence-corrected chi connectivity index (χ3v) is 5.50. The second-order valence-electron chi connectivity index (χ2n) is 7.52. The molecule has 1 atom stereocenters. The minimum absolute atomic E-state index is 0. The van der Waals surface area contributed by atoms with E-state index in [9.17, 15) is 4.79 Å². The van der Waals surface area contributed by atoms with Crippen molar-refractivity contribution in [3.05, 3.63) is 42.5 Å². The number of aromatic nitrogens is 2. The smallest absolute Gasteiger partial charge is 0.263 e. The molecule has 11 heteroatoms. The number of carbonyl (C=O) groups is 1. The van der Waals surface area contributed by atoms with E-state index in [0.29, 0.717) is 66.1 Å². The van der Waals surface area contributed by atoms with Gasteiger partial charge in [-0.25, -0.2) is 4.98 Å². The quantitative estimate of drug-likeness (QED) is 0.552. The lowest BCUT2D eigenvalue weighted by Gasteiger charge is -2.36. The first-order valence-electron chi connectivity index (χ1n) is 10.4. The lowest BCUT2D eigenvalue weighted by atomic mass is 10.2. The Kier molecular flexibility index (Phi) is 9.11. The van der Waals surface area contributed by atoms with Crippen LogP contribution in [0.1, 0.15) is 6.92 Å². The highest BCUT2D eigenvalue weighted by atomic mass is 35.5. The van der Waals surface area contributed by atoms with Gasteiger partial charge in [0.2, 0.25) is 5.95 Å². The molecule has 2 heterocycles. The molecule has 1 amide bonds. The minimum Gasteiger partial charge on any atom is -0.493 e. The molecule has 2 aromatic carbocycles. The maximum atomic E-state index is 12.8. The van der Waals surface area contributed by atoms with E-state index in [1.165, 1.54) is 0 Å². The predicted octanol–water partition coefficient (Wildman–Crippen LogP) is 1.94. The van der Waals surface area contributed by atoms with Gasteiger partial charge in [0.25, 0.3) is 5.91 Å². The van der Waals surface area contributed by atoms with Crippen molar-refractivity contribution in [1.82, 2.24) is 14.9 Å². The fourth-order valence-electron chi connectivity index (χ4n) is 3.75. The van der Waals surface area contributed by atoms with Crippen molar-refractivity contribution in [2.75, 3.05) is 51.0 Å². The molecule has 184 valence electrons. The Bertz CT molecular complexity index is 1110. The number of nitrogens with zero attached hydrogens (tertiary/aromatic N) is 4. The molecule has 10 nitrogen and oxygen atoms in total. The maximum absolute atomic E-state index is 12.8. The summed E-state index contributed by atoms with van der Waals surface area (Å²) >= 11 is 0. The average molecular weight is 492 g/mol. The van der Waals surface area contributed by atoms with Crippen LogP contribution in [0.4, 0.5) is 11.8 Å². The van der Waals surface area contributed by atoms with Crippen molar-refractivity contribution in [3.63, 3.8) is 0 Å². The van der Waals surface area contributed by atoms with E-state index in [1.54, 1.807) is 33.3 Å². The Morgan fingerprint density at radius 1 is 1.00 bits per heavy atom. The highest BCUT2D eigenvalue weighted by molar-refractivity contribution is 5.91.